The van der Waals surface area contributed by atoms with Gasteiger partial charge < -0.3 is 18.9 Å². The van der Waals surface area contributed by atoms with Gasteiger partial charge in [-0.3, -0.25) is 9.78 Å². The van der Waals surface area contributed by atoms with E-state index in [1.165, 1.54) is 33.7 Å². The number of nitrogens with zero attached hydrogens (tertiary/aromatic N) is 1. The fourth-order valence-electron chi connectivity index (χ4n) is 1.81. The highest BCUT2D eigenvalue weighted by atomic mass is 16.5. The Balaban J connectivity index is 2.37. The molecule has 2 rings (SSSR count). The van der Waals surface area contributed by atoms with E-state index in [1.807, 2.05) is 0 Å². The van der Waals surface area contributed by atoms with Crippen LogP contribution in [0.15, 0.2) is 30.6 Å². The topological polar surface area (TPSA) is 66.9 Å². The van der Waals surface area contributed by atoms with Gasteiger partial charge in [0.1, 0.15) is 11.5 Å². The lowest BCUT2D eigenvalue weighted by molar-refractivity contribution is 0.112. The fraction of sp³-hybridized carbons (Fsp3) is 0.200. The number of methoxy groups -OCH3 is 3. The molecule has 0 unspecified atom stereocenters. The molecule has 1 aromatic carbocycles. The minimum atomic E-state index is 0.431. The smallest absolute Gasteiger partial charge is 0.203 e. The van der Waals surface area contributed by atoms with Crippen molar-refractivity contribution < 1.29 is 23.7 Å². The molecule has 0 N–H and O–H groups in total. The lowest BCUT2D eigenvalue weighted by atomic mass is 10.2. The summed E-state index contributed by atoms with van der Waals surface area (Å²) in [4.78, 5) is 14.7. The highest BCUT2D eigenvalue weighted by Crippen LogP contribution is 2.41. The van der Waals surface area contributed by atoms with Gasteiger partial charge in [-0.25, -0.2) is 0 Å². The number of benzene rings is 1. The van der Waals surface area contributed by atoms with Crippen LogP contribution in [0.4, 0.5) is 0 Å². The molecule has 2 aromatic rings. The maximum Gasteiger partial charge on any atom is 0.203 e. The third kappa shape index (κ3) is 3.22. The van der Waals surface area contributed by atoms with Crippen LogP contribution in [0.1, 0.15) is 10.4 Å². The fourth-order valence-corrected chi connectivity index (χ4v) is 1.81. The van der Waals surface area contributed by atoms with Crippen molar-refractivity contribution in [1.82, 2.24) is 4.98 Å². The summed E-state index contributed by atoms with van der Waals surface area (Å²) < 4.78 is 21.4. The predicted molar refractivity (Wildman–Crippen MR) is 75.8 cm³/mol. The molecular weight excluding hydrogens is 274 g/mol. The van der Waals surface area contributed by atoms with Crippen LogP contribution >= 0.6 is 0 Å². The van der Waals surface area contributed by atoms with Crippen molar-refractivity contribution in [2.45, 2.75) is 0 Å². The molecule has 110 valence electrons. The van der Waals surface area contributed by atoms with Gasteiger partial charge in [0, 0.05) is 23.9 Å². The molecule has 6 nitrogen and oxygen atoms in total. The van der Waals surface area contributed by atoms with E-state index < -0.39 is 0 Å². The van der Waals surface area contributed by atoms with Gasteiger partial charge in [-0.1, -0.05) is 0 Å². The molecule has 0 aliphatic carbocycles. The molecule has 0 atom stereocenters. The van der Waals surface area contributed by atoms with Crippen LogP contribution in [0.3, 0.4) is 0 Å². The van der Waals surface area contributed by atoms with Gasteiger partial charge in [0.25, 0.3) is 0 Å². The normalized spacial score (nSPS) is 9.86. The lowest BCUT2D eigenvalue weighted by Gasteiger charge is -2.14. The van der Waals surface area contributed by atoms with E-state index >= 15 is 0 Å². The number of carbonyl (C=O) groups excluding carboxylic acids is 1. The van der Waals surface area contributed by atoms with Crippen LogP contribution in [0.5, 0.6) is 28.7 Å². The Morgan fingerprint density at radius 3 is 2.10 bits per heavy atom. The van der Waals surface area contributed by atoms with Crippen molar-refractivity contribution in [2.75, 3.05) is 21.3 Å². The van der Waals surface area contributed by atoms with E-state index in [2.05, 4.69) is 4.98 Å². The van der Waals surface area contributed by atoms with E-state index in [1.54, 1.807) is 18.2 Å². The van der Waals surface area contributed by atoms with Crippen molar-refractivity contribution in [3.63, 3.8) is 0 Å². The molecule has 0 aliphatic heterocycles. The Hall–Kier alpha value is -2.76. The summed E-state index contributed by atoms with van der Waals surface area (Å²) in [5.74, 6) is 2.35. The number of rotatable bonds is 6. The number of ether oxygens (including phenoxy) is 4. The first-order valence-electron chi connectivity index (χ1n) is 6.10. The summed E-state index contributed by atoms with van der Waals surface area (Å²) in [6, 6.07) is 4.91. The molecule has 21 heavy (non-hydrogen) atoms. The second-order valence-electron chi connectivity index (χ2n) is 4.03. The Morgan fingerprint density at radius 2 is 1.57 bits per heavy atom. The Kier molecular flexibility index (Phi) is 4.61. The van der Waals surface area contributed by atoms with Crippen LogP contribution in [0.2, 0.25) is 0 Å². The third-order valence-electron chi connectivity index (χ3n) is 2.74. The summed E-state index contributed by atoms with van der Waals surface area (Å²) in [6.07, 6.45) is 3.67. The van der Waals surface area contributed by atoms with E-state index in [4.69, 9.17) is 18.9 Å². The van der Waals surface area contributed by atoms with E-state index in [0.717, 1.165) is 0 Å². The third-order valence-corrected chi connectivity index (χ3v) is 2.74. The molecule has 1 heterocycles. The first-order valence-corrected chi connectivity index (χ1v) is 6.10. The molecule has 0 saturated heterocycles. The monoisotopic (exact) mass is 289 g/mol. The van der Waals surface area contributed by atoms with Gasteiger partial charge >= 0.3 is 0 Å². The second kappa shape index (κ2) is 6.60. The maximum absolute atomic E-state index is 10.7. The average molecular weight is 289 g/mol. The molecule has 0 spiro atoms. The predicted octanol–water partition coefficient (Wildman–Crippen LogP) is 2.71. The Labute approximate surface area is 122 Å². The van der Waals surface area contributed by atoms with Crippen LogP contribution in [-0.2, 0) is 0 Å². The summed E-state index contributed by atoms with van der Waals surface area (Å²) >= 11 is 0. The first kappa shape index (κ1) is 14.6. The van der Waals surface area contributed by atoms with Crippen molar-refractivity contribution in [3.05, 3.63) is 36.2 Å². The Bertz CT molecular complexity index is 617. The number of hydrogen-bond acceptors (Lipinski definition) is 6. The highest BCUT2D eigenvalue weighted by molar-refractivity contribution is 5.74. The zero-order chi connectivity index (χ0) is 15.2. The quantitative estimate of drug-likeness (QED) is 0.762. The van der Waals surface area contributed by atoms with Crippen LogP contribution < -0.4 is 18.9 Å². The van der Waals surface area contributed by atoms with Gasteiger partial charge in [0.15, 0.2) is 17.8 Å². The molecule has 6 heteroatoms. The van der Waals surface area contributed by atoms with Gasteiger partial charge in [-0.05, 0) is 6.07 Å². The maximum atomic E-state index is 10.7. The zero-order valence-corrected chi connectivity index (χ0v) is 12.0. The SMILES string of the molecule is COc1cc(Oc2cncc(C=O)c2)cc(OC)c1OC. The summed E-state index contributed by atoms with van der Waals surface area (Å²) in [5, 5.41) is 0. The summed E-state index contributed by atoms with van der Waals surface area (Å²) in [7, 11) is 4.57. The minimum Gasteiger partial charge on any atom is -0.493 e. The molecule has 0 bridgehead atoms. The van der Waals surface area contributed by atoms with Crippen LogP contribution in [0, 0.1) is 0 Å². The van der Waals surface area contributed by atoms with Crippen LogP contribution in [-0.4, -0.2) is 32.6 Å². The number of pyridine rings is 1. The van der Waals surface area contributed by atoms with E-state index in [0.29, 0.717) is 40.6 Å². The molecule has 1 aromatic heterocycles. The molecule has 0 radical (unpaired) electrons. The number of carbonyl (C=O) groups is 1. The van der Waals surface area contributed by atoms with Crippen molar-refractivity contribution >= 4 is 6.29 Å². The average Bonchev–Trinajstić information content (AvgIpc) is 2.53. The lowest BCUT2D eigenvalue weighted by Crippen LogP contribution is -1.96. The summed E-state index contributed by atoms with van der Waals surface area (Å²) in [6.45, 7) is 0. The molecule has 0 amide bonds. The molecule has 0 saturated carbocycles. The second-order valence-corrected chi connectivity index (χ2v) is 4.03. The summed E-state index contributed by atoms with van der Waals surface area (Å²) in [5.41, 5.74) is 0.431. The standard InChI is InChI=1S/C15H15NO5/c1-18-13-5-11(6-14(19-2)15(13)20-3)21-12-4-10(9-17)7-16-8-12/h4-9H,1-3H3. The van der Waals surface area contributed by atoms with Gasteiger partial charge in [0.2, 0.25) is 5.75 Å². The number of hydrogen-bond donors (Lipinski definition) is 0. The largest absolute Gasteiger partial charge is 0.493 e. The zero-order valence-electron chi connectivity index (χ0n) is 12.0. The van der Waals surface area contributed by atoms with Gasteiger partial charge in [-0.15, -0.1) is 0 Å². The molecular formula is C15H15NO5. The van der Waals surface area contributed by atoms with E-state index in [9.17, 15) is 4.79 Å². The van der Waals surface area contributed by atoms with E-state index in [-0.39, 0.29) is 0 Å². The number of aromatic nitrogens is 1. The van der Waals surface area contributed by atoms with Crippen molar-refractivity contribution in [2.24, 2.45) is 0 Å². The minimum absolute atomic E-state index is 0.431. The highest BCUT2D eigenvalue weighted by Gasteiger charge is 2.14. The van der Waals surface area contributed by atoms with Crippen molar-refractivity contribution in [1.29, 1.82) is 0 Å². The Morgan fingerprint density at radius 1 is 0.905 bits per heavy atom. The molecule has 0 aliphatic rings. The van der Waals surface area contributed by atoms with Crippen LogP contribution in [0.25, 0.3) is 0 Å². The first-order chi connectivity index (χ1) is 10.2. The van der Waals surface area contributed by atoms with Gasteiger partial charge in [0.05, 0.1) is 27.5 Å². The molecule has 0 fully saturated rings. The van der Waals surface area contributed by atoms with Crippen molar-refractivity contribution in [3.8, 4) is 28.7 Å². The number of aldehydes is 1. The van der Waals surface area contributed by atoms with Gasteiger partial charge in [-0.2, -0.15) is 0 Å².